The van der Waals surface area contributed by atoms with Crippen molar-refractivity contribution in [1.29, 1.82) is 0 Å². The molecule has 0 spiro atoms. The molecule has 6 heteroatoms. The predicted octanol–water partition coefficient (Wildman–Crippen LogP) is 4.49. The minimum Gasteiger partial charge on any atom is -0.369 e. The number of fused-ring (bicyclic) bond motifs is 2. The minimum atomic E-state index is 0.536. The number of carbonyl (C=O) groups is 1. The van der Waals surface area contributed by atoms with Gasteiger partial charge in [-0.25, -0.2) is 9.97 Å². The Balaban J connectivity index is 1.48. The highest BCUT2D eigenvalue weighted by atomic mass is 16.1. The quantitative estimate of drug-likeness (QED) is 0.354. The molecule has 0 amide bonds. The van der Waals surface area contributed by atoms with Crippen molar-refractivity contribution in [2.45, 2.75) is 19.3 Å². The van der Waals surface area contributed by atoms with Crippen LogP contribution in [-0.2, 0) is 0 Å². The van der Waals surface area contributed by atoms with Crippen LogP contribution in [0.4, 0.5) is 5.82 Å². The molecule has 3 heterocycles. The molecule has 0 unspecified atom stereocenters. The van der Waals surface area contributed by atoms with Crippen molar-refractivity contribution in [2.75, 3.05) is 31.5 Å². The van der Waals surface area contributed by atoms with Crippen molar-refractivity contribution in [2.24, 2.45) is 0 Å². The largest absolute Gasteiger partial charge is 0.369 e. The van der Waals surface area contributed by atoms with Crippen molar-refractivity contribution in [3.05, 3.63) is 54.1 Å². The lowest BCUT2D eigenvalue weighted by Crippen LogP contribution is -2.22. The van der Waals surface area contributed by atoms with Crippen LogP contribution in [0.25, 0.3) is 33.3 Å². The zero-order chi connectivity index (χ0) is 20.3. The van der Waals surface area contributed by atoms with E-state index in [1.807, 2.05) is 48.5 Å². The summed E-state index contributed by atoms with van der Waals surface area (Å²) < 4.78 is 0. The number of rotatable bonds is 7. The van der Waals surface area contributed by atoms with Crippen molar-refractivity contribution in [3.8, 4) is 11.5 Å². The third kappa shape index (κ3) is 3.55. The summed E-state index contributed by atoms with van der Waals surface area (Å²) in [5.41, 5.74) is 3.03. The van der Waals surface area contributed by atoms with Crippen molar-refractivity contribution in [1.82, 2.24) is 19.9 Å². The molecule has 1 aliphatic heterocycles. The SMILES string of the molecule is O=Cc1c(-c2nc(NCCCN3CCCC3)c3ccccc3n2)[nH]c2ccccc12. The number of carbonyl (C=O) groups excluding carboxylic acids is 1. The van der Waals surface area contributed by atoms with E-state index in [1.165, 1.54) is 25.9 Å². The Morgan fingerprint density at radius 2 is 1.77 bits per heavy atom. The van der Waals surface area contributed by atoms with Crippen molar-refractivity contribution < 1.29 is 4.79 Å². The Labute approximate surface area is 175 Å². The highest BCUT2D eigenvalue weighted by molar-refractivity contribution is 6.04. The third-order valence-corrected chi connectivity index (χ3v) is 5.83. The molecule has 1 saturated heterocycles. The number of hydrogen-bond donors (Lipinski definition) is 2. The first-order valence-electron chi connectivity index (χ1n) is 10.6. The molecule has 0 aliphatic carbocycles. The van der Waals surface area contributed by atoms with Gasteiger partial charge in [-0.15, -0.1) is 0 Å². The lowest BCUT2D eigenvalue weighted by atomic mass is 10.1. The van der Waals surface area contributed by atoms with Crippen molar-refractivity contribution in [3.63, 3.8) is 0 Å². The number of likely N-dealkylation sites (tertiary alicyclic amines) is 1. The Morgan fingerprint density at radius 1 is 1.00 bits per heavy atom. The van der Waals surface area contributed by atoms with Crippen LogP contribution >= 0.6 is 0 Å². The van der Waals surface area contributed by atoms with Crippen LogP contribution in [0.2, 0.25) is 0 Å². The van der Waals surface area contributed by atoms with E-state index in [-0.39, 0.29) is 0 Å². The third-order valence-electron chi connectivity index (χ3n) is 5.83. The Kier molecular flexibility index (Phi) is 5.15. The highest BCUT2D eigenvalue weighted by Crippen LogP contribution is 2.30. The van der Waals surface area contributed by atoms with Crippen LogP contribution in [0.1, 0.15) is 29.6 Å². The number of benzene rings is 2. The molecular formula is C24H25N5O. The lowest BCUT2D eigenvalue weighted by molar-refractivity contribution is 0.112. The molecule has 0 atom stereocenters. The summed E-state index contributed by atoms with van der Waals surface area (Å²) in [5.74, 6) is 1.35. The molecule has 1 fully saturated rings. The molecule has 30 heavy (non-hydrogen) atoms. The first-order chi connectivity index (χ1) is 14.8. The molecule has 2 N–H and O–H groups in total. The molecule has 2 aromatic carbocycles. The number of nitrogens with one attached hydrogen (secondary N) is 2. The molecule has 1 aliphatic rings. The van der Waals surface area contributed by atoms with Crippen LogP contribution in [-0.4, -0.2) is 52.3 Å². The zero-order valence-electron chi connectivity index (χ0n) is 16.9. The molecule has 0 saturated carbocycles. The van der Waals surface area contributed by atoms with Gasteiger partial charge in [0.05, 0.1) is 16.8 Å². The second-order valence-electron chi connectivity index (χ2n) is 7.82. The maximum atomic E-state index is 11.9. The summed E-state index contributed by atoms with van der Waals surface area (Å²) in [5, 5.41) is 5.39. The van der Waals surface area contributed by atoms with E-state index in [4.69, 9.17) is 9.97 Å². The van der Waals surface area contributed by atoms with Crippen LogP contribution in [0.15, 0.2) is 48.5 Å². The molecule has 4 aromatic rings. The average molecular weight is 399 g/mol. The summed E-state index contributed by atoms with van der Waals surface area (Å²) in [6.45, 7) is 4.40. The molecule has 6 nitrogen and oxygen atoms in total. The molecule has 0 radical (unpaired) electrons. The van der Waals surface area contributed by atoms with Gasteiger partial charge in [0, 0.05) is 22.8 Å². The van der Waals surface area contributed by atoms with Gasteiger partial charge >= 0.3 is 0 Å². The first-order valence-corrected chi connectivity index (χ1v) is 10.6. The van der Waals surface area contributed by atoms with Gasteiger partial charge in [-0.3, -0.25) is 4.79 Å². The molecule has 2 aromatic heterocycles. The van der Waals surface area contributed by atoms with E-state index in [0.29, 0.717) is 17.1 Å². The van der Waals surface area contributed by atoms with Crippen LogP contribution in [0.5, 0.6) is 0 Å². The van der Waals surface area contributed by atoms with Gasteiger partial charge < -0.3 is 15.2 Å². The van der Waals surface area contributed by atoms with E-state index in [0.717, 1.165) is 53.4 Å². The lowest BCUT2D eigenvalue weighted by Gasteiger charge is -2.15. The second-order valence-corrected chi connectivity index (χ2v) is 7.82. The normalized spacial score (nSPS) is 14.5. The fourth-order valence-electron chi connectivity index (χ4n) is 4.30. The van der Waals surface area contributed by atoms with Gasteiger partial charge in [0.25, 0.3) is 0 Å². The van der Waals surface area contributed by atoms with Crippen molar-refractivity contribution >= 4 is 33.9 Å². The standard InChI is InChI=1S/C24H25N5O/c30-16-19-17-8-1-3-10-20(17)26-22(19)24-27-21-11-4-2-9-18(21)23(28-24)25-12-7-15-29-13-5-6-14-29/h1-4,8-11,16,26H,5-7,12-15H2,(H,25,27,28). The zero-order valence-corrected chi connectivity index (χ0v) is 16.9. The van der Waals surface area contributed by atoms with E-state index in [2.05, 4.69) is 15.2 Å². The smallest absolute Gasteiger partial charge is 0.179 e. The Morgan fingerprint density at radius 3 is 2.60 bits per heavy atom. The topological polar surface area (TPSA) is 73.9 Å². The van der Waals surface area contributed by atoms with E-state index < -0.39 is 0 Å². The average Bonchev–Trinajstić information content (AvgIpc) is 3.44. The fourth-order valence-corrected chi connectivity index (χ4v) is 4.30. The second kappa shape index (κ2) is 8.24. The summed E-state index contributed by atoms with van der Waals surface area (Å²) >= 11 is 0. The summed E-state index contributed by atoms with van der Waals surface area (Å²) in [7, 11) is 0. The number of hydrogen-bond acceptors (Lipinski definition) is 5. The monoisotopic (exact) mass is 399 g/mol. The fraction of sp³-hybridized carbons (Fsp3) is 0.292. The van der Waals surface area contributed by atoms with Gasteiger partial charge in [0.1, 0.15) is 5.82 Å². The number of H-pyrrole nitrogens is 1. The Bertz CT molecular complexity index is 1190. The summed E-state index contributed by atoms with van der Waals surface area (Å²) in [6, 6.07) is 15.8. The highest BCUT2D eigenvalue weighted by Gasteiger charge is 2.17. The van der Waals surface area contributed by atoms with Crippen LogP contribution in [0, 0.1) is 0 Å². The molecular weight excluding hydrogens is 374 g/mol. The number of para-hydroxylation sites is 2. The molecule has 0 bridgehead atoms. The molecule has 152 valence electrons. The number of nitrogens with zero attached hydrogens (tertiary/aromatic N) is 3. The van der Waals surface area contributed by atoms with E-state index >= 15 is 0 Å². The van der Waals surface area contributed by atoms with Gasteiger partial charge in [-0.1, -0.05) is 30.3 Å². The summed E-state index contributed by atoms with van der Waals surface area (Å²) in [6.07, 6.45) is 4.59. The first kappa shape index (κ1) is 18.8. The minimum absolute atomic E-state index is 0.536. The summed E-state index contributed by atoms with van der Waals surface area (Å²) in [4.78, 5) is 27.3. The van der Waals surface area contributed by atoms with Crippen LogP contribution < -0.4 is 5.32 Å². The maximum Gasteiger partial charge on any atom is 0.179 e. The van der Waals surface area contributed by atoms with Crippen LogP contribution in [0.3, 0.4) is 0 Å². The van der Waals surface area contributed by atoms with E-state index in [1.54, 1.807) is 0 Å². The number of aromatic nitrogens is 3. The number of aldehydes is 1. The van der Waals surface area contributed by atoms with Gasteiger partial charge in [0.15, 0.2) is 12.1 Å². The maximum absolute atomic E-state index is 11.9. The van der Waals surface area contributed by atoms with Gasteiger partial charge in [-0.2, -0.15) is 0 Å². The number of anilines is 1. The molecule has 5 rings (SSSR count). The van der Waals surface area contributed by atoms with E-state index in [9.17, 15) is 4.79 Å². The number of aromatic amines is 1. The van der Waals surface area contributed by atoms with Gasteiger partial charge in [-0.05, 0) is 57.1 Å². The van der Waals surface area contributed by atoms with Gasteiger partial charge in [0.2, 0.25) is 0 Å². The predicted molar refractivity (Wildman–Crippen MR) is 121 cm³/mol. The Hall–Kier alpha value is -3.25.